The van der Waals surface area contributed by atoms with Crippen LogP contribution in [0.5, 0.6) is 0 Å². The molecule has 0 spiro atoms. The first-order chi connectivity index (χ1) is 10.2. The van der Waals surface area contributed by atoms with Crippen LogP contribution in [0, 0.1) is 0 Å². The van der Waals surface area contributed by atoms with Crippen molar-refractivity contribution >= 4 is 50.3 Å². The minimum absolute atomic E-state index is 0.218. The Balaban J connectivity index is 1.87. The summed E-state index contributed by atoms with van der Waals surface area (Å²) in [5, 5.41) is 8.16. The number of nitrogens with one attached hydrogen (secondary N) is 1. The molecule has 108 valence electrons. The summed E-state index contributed by atoms with van der Waals surface area (Å²) >= 11 is 13.9. The van der Waals surface area contributed by atoms with Gasteiger partial charge in [-0.15, -0.1) is 11.3 Å². The molecule has 0 aliphatic heterocycles. The zero-order valence-electron chi connectivity index (χ0n) is 11.6. The average molecular weight is 336 g/mol. The molecule has 1 nitrogen and oxygen atoms in total. The van der Waals surface area contributed by atoms with Crippen molar-refractivity contribution in [1.82, 2.24) is 0 Å². The Hall–Kier alpha value is -1.22. The van der Waals surface area contributed by atoms with Crippen LogP contribution in [-0.4, -0.2) is 0 Å². The van der Waals surface area contributed by atoms with Gasteiger partial charge in [0.2, 0.25) is 0 Å². The summed E-state index contributed by atoms with van der Waals surface area (Å²) in [6, 6.07) is 14.6. The average Bonchev–Trinajstić information content (AvgIpc) is 2.95. The normalized spacial score (nSPS) is 12.5. The Bertz CT molecular complexity index is 766. The highest BCUT2D eigenvalue weighted by molar-refractivity contribution is 7.17. The van der Waals surface area contributed by atoms with Gasteiger partial charge >= 0.3 is 0 Å². The van der Waals surface area contributed by atoms with E-state index in [1.54, 1.807) is 11.3 Å². The molecule has 0 amide bonds. The maximum absolute atomic E-state index is 6.12. The van der Waals surface area contributed by atoms with Gasteiger partial charge in [0.05, 0.1) is 16.1 Å². The van der Waals surface area contributed by atoms with Gasteiger partial charge < -0.3 is 5.32 Å². The minimum Gasteiger partial charge on any atom is -0.378 e. The van der Waals surface area contributed by atoms with Crippen LogP contribution >= 0.6 is 34.5 Å². The Kier molecular flexibility index (Phi) is 4.39. The Labute approximate surface area is 138 Å². The van der Waals surface area contributed by atoms with Gasteiger partial charge in [-0.05, 0) is 59.1 Å². The summed E-state index contributed by atoms with van der Waals surface area (Å²) in [5.41, 5.74) is 2.27. The van der Waals surface area contributed by atoms with E-state index in [0.717, 1.165) is 17.7 Å². The molecule has 1 aromatic heterocycles. The van der Waals surface area contributed by atoms with Gasteiger partial charge in [-0.2, -0.15) is 0 Å². The molecule has 0 saturated carbocycles. The lowest BCUT2D eigenvalue weighted by Crippen LogP contribution is -2.09. The molecule has 0 aliphatic rings. The molecule has 3 rings (SSSR count). The van der Waals surface area contributed by atoms with E-state index in [1.807, 2.05) is 18.2 Å². The lowest BCUT2D eigenvalue weighted by atomic mass is 10.0. The molecule has 0 fully saturated rings. The lowest BCUT2D eigenvalue weighted by Gasteiger charge is -2.19. The molecule has 1 N–H and O–H groups in total. The van der Waals surface area contributed by atoms with E-state index < -0.39 is 0 Å². The van der Waals surface area contributed by atoms with Crippen molar-refractivity contribution in [2.45, 2.75) is 19.4 Å². The van der Waals surface area contributed by atoms with Crippen molar-refractivity contribution in [2.24, 2.45) is 0 Å². The van der Waals surface area contributed by atoms with Crippen molar-refractivity contribution in [3.8, 4) is 0 Å². The van der Waals surface area contributed by atoms with E-state index in [-0.39, 0.29) is 6.04 Å². The smallest absolute Gasteiger partial charge is 0.0595 e. The minimum atomic E-state index is 0.218. The fourth-order valence-corrected chi connectivity index (χ4v) is 3.49. The topological polar surface area (TPSA) is 12.0 Å². The summed E-state index contributed by atoms with van der Waals surface area (Å²) in [5.74, 6) is 0. The molecule has 0 radical (unpaired) electrons. The van der Waals surface area contributed by atoms with Crippen LogP contribution in [0.2, 0.25) is 10.0 Å². The molecule has 21 heavy (non-hydrogen) atoms. The molecule has 1 unspecified atom stereocenters. The highest BCUT2D eigenvalue weighted by Gasteiger charge is 2.11. The maximum atomic E-state index is 6.12. The first-order valence-electron chi connectivity index (χ1n) is 6.86. The van der Waals surface area contributed by atoms with E-state index in [1.165, 1.54) is 10.1 Å². The van der Waals surface area contributed by atoms with Gasteiger partial charge in [0.15, 0.2) is 0 Å². The Morgan fingerprint density at radius 1 is 1.05 bits per heavy atom. The number of hydrogen-bond acceptors (Lipinski definition) is 2. The van der Waals surface area contributed by atoms with Gasteiger partial charge in [0.1, 0.15) is 0 Å². The van der Waals surface area contributed by atoms with Crippen molar-refractivity contribution in [1.29, 1.82) is 0 Å². The van der Waals surface area contributed by atoms with Gasteiger partial charge in [0, 0.05) is 10.4 Å². The van der Waals surface area contributed by atoms with Gasteiger partial charge in [-0.3, -0.25) is 0 Å². The fourth-order valence-electron chi connectivity index (χ4n) is 2.41. The van der Waals surface area contributed by atoms with Crippen LogP contribution in [0.1, 0.15) is 24.9 Å². The zero-order chi connectivity index (χ0) is 14.8. The molecule has 3 aromatic rings. The Morgan fingerprint density at radius 3 is 2.67 bits per heavy atom. The molecule has 1 atom stereocenters. The largest absolute Gasteiger partial charge is 0.378 e. The SMILES string of the molecule is CCC(Nc1ccc2sccc2c1)c1ccc(Cl)c(Cl)c1. The summed E-state index contributed by atoms with van der Waals surface area (Å²) in [4.78, 5) is 0. The van der Waals surface area contributed by atoms with E-state index in [4.69, 9.17) is 23.2 Å². The molecular formula is C17H15Cl2NS. The van der Waals surface area contributed by atoms with Crippen LogP contribution in [0.4, 0.5) is 5.69 Å². The van der Waals surface area contributed by atoms with Crippen molar-refractivity contribution in [2.75, 3.05) is 5.32 Å². The van der Waals surface area contributed by atoms with Gasteiger partial charge in [-0.25, -0.2) is 0 Å². The zero-order valence-corrected chi connectivity index (χ0v) is 13.9. The van der Waals surface area contributed by atoms with Crippen LogP contribution in [-0.2, 0) is 0 Å². The van der Waals surface area contributed by atoms with Crippen molar-refractivity contribution in [3.63, 3.8) is 0 Å². The highest BCUT2D eigenvalue weighted by Crippen LogP contribution is 2.30. The third-order valence-corrected chi connectivity index (χ3v) is 5.18. The number of hydrogen-bond donors (Lipinski definition) is 1. The number of thiophene rings is 1. The number of halogens is 2. The van der Waals surface area contributed by atoms with E-state index in [9.17, 15) is 0 Å². The quantitative estimate of drug-likeness (QED) is 0.554. The number of fused-ring (bicyclic) bond motifs is 1. The fraction of sp³-hybridized carbons (Fsp3) is 0.176. The van der Waals surface area contributed by atoms with Crippen molar-refractivity contribution < 1.29 is 0 Å². The number of rotatable bonds is 4. The molecule has 0 aliphatic carbocycles. The standard InChI is InChI=1S/C17H15Cl2NS/c1-2-16(11-3-5-14(18)15(19)10-11)20-13-4-6-17-12(9-13)7-8-21-17/h3-10,16,20H,2H2,1H3. The molecule has 0 saturated heterocycles. The maximum Gasteiger partial charge on any atom is 0.0595 e. The lowest BCUT2D eigenvalue weighted by molar-refractivity contribution is 0.750. The van der Waals surface area contributed by atoms with E-state index in [0.29, 0.717) is 10.0 Å². The van der Waals surface area contributed by atoms with Crippen LogP contribution in [0.3, 0.4) is 0 Å². The molecule has 0 bridgehead atoms. The third kappa shape index (κ3) is 3.18. The first-order valence-corrected chi connectivity index (χ1v) is 8.49. The predicted molar refractivity (Wildman–Crippen MR) is 94.9 cm³/mol. The first kappa shape index (κ1) is 14.7. The molecule has 2 aromatic carbocycles. The van der Waals surface area contributed by atoms with Crippen LogP contribution in [0.25, 0.3) is 10.1 Å². The number of anilines is 1. The van der Waals surface area contributed by atoms with E-state index >= 15 is 0 Å². The highest BCUT2D eigenvalue weighted by atomic mass is 35.5. The second kappa shape index (κ2) is 6.27. The summed E-state index contributed by atoms with van der Waals surface area (Å²) in [6.45, 7) is 2.16. The third-order valence-electron chi connectivity index (χ3n) is 3.55. The summed E-state index contributed by atoms with van der Waals surface area (Å²) < 4.78 is 1.31. The predicted octanol–water partition coefficient (Wildman–Crippen LogP) is 6.77. The second-order valence-electron chi connectivity index (χ2n) is 4.95. The van der Waals surface area contributed by atoms with Crippen LogP contribution in [0.15, 0.2) is 47.8 Å². The van der Waals surface area contributed by atoms with Gasteiger partial charge in [0.25, 0.3) is 0 Å². The second-order valence-corrected chi connectivity index (χ2v) is 6.71. The molecule has 4 heteroatoms. The monoisotopic (exact) mass is 335 g/mol. The molecular weight excluding hydrogens is 321 g/mol. The Morgan fingerprint density at radius 2 is 1.90 bits per heavy atom. The summed E-state index contributed by atoms with van der Waals surface area (Å²) in [7, 11) is 0. The number of benzene rings is 2. The van der Waals surface area contributed by atoms with Crippen molar-refractivity contribution in [3.05, 3.63) is 63.5 Å². The summed E-state index contributed by atoms with van der Waals surface area (Å²) in [6.07, 6.45) is 0.972. The van der Waals surface area contributed by atoms with Crippen LogP contribution < -0.4 is 5.32 Å². The molecule has 1 heterocycles. The van der Waals surface area contributed by atoms with Gasteiger partial charge in [-0.1, -0.05) is 36.2 Å². The van der Waals surface area contributed by atoms with E-state index in [2.05, 4.69) is 41.9 Å².